The number of carboxylic acids is 1. The molecule has 0 heterocycles. The van der Waals surface area contributed by atoms with Crippen LogP contribution in [0.5, 0.6) is 5.75 Å². The maximum absolute atomic E-state index is 12.4. The molecule has 8 N–H and O–H groups in total. The monoisotopic (exact) mass is 442 g/mol. The van der Waals surface area contributed by atoms with Gasteiger partial charge in [-0.05, 0) is 24.6 Å². The van der Waals surface area contributed by atoms with Gasteiger partial charge in [-0.15, -0.1) is 0 Å². The molecule has 0 fully saturated rings. The van der Waals surface area contributed by atoms with Crippen LogP contribution in [0, 0.1) is 0 Å². The predicted molar refractivity (Wildman–Crippen MR) is 110 cm³/mol. The Kier molecular flexibility index (Phi) is 10.1. The summed E-state index contributed by atoms with van der Waals surface area (Å²) in [5, 5.41) is 34.5. The maximum Gasteiger partial charge on any atom is 0.326 e. The van der Waals surface area contributed by atoms with Crippen molar-refractivity contribution in [1.82, 2.24) is 16.0 Å². The number of hydrogen-bond donors (Lipinski definition) is 8. The van der Waals surface area contributed by atoms with Crippen molar-refractivity contribution in [2.24, 2.45) is 5.73 Å². The molecule has 0 spiro atoms. The molecule has 0 aromatic heterocycles. The SMILES string of the molecule is CC(NC(=O)C(N)CO)C(=O)NC(CS)C(=O)NC(Cc1ccc(O)cc1)C(=O)O. The molecule has 0 aliphatic rings. The Balaban J connectivity index is 2.72. The van der Waals surface area contributed by atoms with E-state index in [4.69, 9.17) is 10.8 Å². The lowest BCUT2D eigenvalue weighted by Gasteiger charge is -2.22. The minimum atomic E-state index is -1.28. The van der Waals surface area contributed by atoms with Crippen molar-refractivity contribution < 1.29 is 34.5 Å². The Morgan fingerprint density at radius 2 is 1.57 bits per heavy atom. The summed E-state index contributed by atoms with van der Waals surface area (Å²) in [5.41, 5.74) is 5.93. The number of aliphatic carboxylic acids is 1. The molecule has 4 atom stereocenters. The molecular weight excluding hydrogens is 416 g/mol. The van der Waals surface area contributed by atoms with Crippen molar-refractivity contribution in [1.29, 1.82) is 0 Å². The van der Waals surface area contributed by atoms with Crippen LogP contribution in [0.3, 0.4) is 0 Å². The number of aliphatic hydroxyl groups excluding tert-OH is 1. The van der Waals surface area contributed by atoms with Gasteiger partial charge in [-0.2, -0.15) is 12.6 Å². The van der Waals surface area contributed by atoms with Crippen LogP contribution in [-0.2, 0) is 25.6 Å². The van der Waals surface area contributed by atoms with Gasteiger partial charge < -0.3 is 37.0 Å². The van der Waals surface area contributed by atoms with Crippen molar-refractivity contribution in [3.63, 3.8) is 0 Å². The first-order valence-corrected chi connectivity index (χ1v) is 9.61. The highest BCUT2D eigenvalue weighted by atomic mass is 32.1. The standard InChI is InChI=1S/C18H26N4O7S/c1-9(20-16(26)12(19)7-23)15(25)22-14(8-30)17(27)21-13(18(28)29)6-10-2-4-11(24)5-3-10/h2-5,9,12-14,23-24,30H,6-8,19H2,1H3,(H,20,26)(H,21,27)(H,22,25)(H,28,29). The molecule has 1 aromatic rings. The number of aliphatic hydroxyl groups is 1. The number of phenols is 1. The summed E-state index contributed by atoms with van der Waals surface area (Å²) >= 11 is 4.01. The third-order valence-electron chi connectivity index (χ3n) is 4.09. The van der Waals surface area contributed by atoms with E-state index in [0.29, 0.717) is 5.56 Å². The molecule has 1 aromatic carbocycles. The lowest BCUT2D eigenvalue weighted by atomic mass is 10.1. The fourth-order valence-corrected chi connectivity index (χ4v) is 2.56. The molecule has 0 radical (unpaired) electrons. The third kappa shape index (κ3) is 7.89. The van der Waals surface area contributed by atoms with Crippen LogP contribution >= 0.6 is 12.6 Å². The normalized spacial score (nSPS) is 14.7. The first-order valence-electron chi connectivity index (χ1n) is 8.98. The molecule has 30 heavy (non-hydrogen) atoms. The number of amides is 3. The van der Waals surface area contributed by atoms with Crippen LogP contribution < -0.4 is 21.7 Å². The van der Waals surface area contributed by atoms with Crippen molar-refractivity contribution in [3.8, 4) is 5.75 Å². The molecule has 3 amide bonds. The van der Waals surface area contributed by atoms with E-state index < -0.39 is 54.5 Å². The second-order valence-corrected chi connectivity index (χ2v) is 6.90. The lowest BCUT2D eigenvalue weighted by molar-refractivity contribution is -0.142. The van der Waals surface area contributed by atoms with Gasteiger partial charge in [0.25, 0.3) is 0 Å². The van der Waals surface area contributed by atoms with Gasteiger partial charge in [0.15, 0.2) is 0 Å². The van der Waals surface area contributed by atoms with Crippen molar-refractivity contribution in [2.45, 2.75) is 37.5 Å². The highest BCUT2D eigenvalue weighted by molar-refractivity contribution is 7.80. The van der Waals surface area contributed by atoms with Crippen LogP contribution in [0.1, 0.15) is 12.5 Å². The van der Waals surface area contributed by atoms with E-state index in [0.717, 1.165) is 0 Å². The molecule has 4 unspecified atom stereocenters. The summed E-state index contributed by atoms with van der Waals surface area (Å²) in [6.07, 6.45) is -0.0416. The van der Waals surface area contributed by atoms with Gasteiger partial charge in [0.1, 0.15) is 29.9 Å². The predicted octanol–water partition coefficient (Wildman–Crippen LogP) is -2.26. The van der Waals surface area contributed by atoms with Gasteiger partial charge in [-0.25, -0.2) is 4.79 Å². The minimum Gasteiger partial charge on any atom is -0.508 e. The molecular formula is C18H26N4O7S. The summed E-state index contributed by atoms with van der Waals surface area (Å²) < 4.78 is 0. The molecule has 1 rings (SSSR count). The Morgan fingerprint density at radius 3 is 2.07 bits per heavy atom. The van der Waals surface area contributed by atoms with Crippen molar-refractivity contribution in [3.05, 3.63) is 29.8 Å². The molecule has 166 valence electrons. The Bertz CT molecular complexity index is 759. The fraction of sp³-hybridized carbons (Fsp3) is 0.444. The van der Waals surface area contributed by atoms with Crippen LogP contribution in [-0.4, -0.2) is 75.5 Å². The quantitative estimate of drug-likeness (QED) is 0.176. The molecule has 0 aliphatic heterocycles. The van der Waals surface area contributed by atoms with Crippen LogP contribution in [0.25, 0.3) is 0 Å². The Labute approximate surface area is 178 Å². The second kappa shape index (κ2) is 12.0. The summed E-state index contributed by atoms with van der Waals surface area (Å²) in [5.74, 6) is -3.61. The van der Waals surface area contributed by atoms with Crippen molar-refractivity contribution >= 4 is 36.3 Å². The van der Waals surface area contributed by atoms with Gasteiger partial charge in [0.2, 0.25) is 17.7 Å². The molecule has 0 bridgehead atoms. The number of hydrogen-bond acceptors (Lipinski definition) is 8. The van der Waals surface area contributed by atoms with Crippen molar-refractivity contribution in [2.75, 3.05) is 12.4 Å². The number of carbonyl (C=O) groups excluding carboxylic acids is 3. The van der Waals surface area contributed by atoms with Gasteiger partial charge >= 0.3 is 5.97 Å². The first kappa shape index (κ1) is 25.2. The summed E-state index contributed by atoms with van der Waals surface area (Å²) in [7, 11) is 0. The van der Waals surface area contributed by atoms with E-state index in [1.54, 1.807) is 0 Å². The summed E-state index contributed by atoms with van der Waals surface area (Å²) in [4.78, 5) is 47.8. The largest absolute Gasteiger partial charge is 0.508 e. The fourth-order valence-electron chi connectivity index (χ4n) is 2.30. The molecule has 0 aliphatic carbocycles. The topological polar surface area (TPSA) is 191 Å². The van der Waals surface area contributed by atoms with Gasteiger partial charge in [0, 0.05) is 12.2 Å². The van der Waals surface area contributed by atoms with Gasteiger partial charge in [-0.3, -0.25) is 14.4 Å². The second-order valence-electron chi connectivity index (χ2n) is 6.53. The number of thiol groups is 1. The van der Waals surface area contributed by atoms with Crippen LogP contribution in [0.15, 0.2) is 24.3 Å². The first-order chi connectivity index (χ1) is 14.1. The highest BCUT2D eigenvalue weighted by Gasteiger charge is 2.28. The number of nitrogens with one attached hydrogen (secondary N) is 3. The Hall–Kier alpha value is -2.83. The average Bonchev–Trinajstić information content (AvgIpc) is 2.71. The number of carboxylic acid groups (broad SMARTS) is 1. The van der Waals surface area contributed by atoms with E-state index in [-0.39, 0.29) is 17.9 Å². The van der Waals surface area contributed by atoms with Crippen LogP contribution in [0.4, 0.5) is 0 Å². The maximum atomic E-state index is 12.4. The number of benzene rings is 1. The van der Waals surface area contributed by atoms with E-state index in [2.05, 4.69) is 28.6 Å². The zero-order chi connectivity index (χ0) is 22.8. The minimum absolute atomic E-state index is 0.0219. The Morgan fingerprint density at radius 1 is 1.00 bits per heavy atom. The highest BCUT2D eigenvalue weighted by Crippen LogP contribution is 2.11. The smallest absolute Gasteiger partial charge is 0.326 e. The average molecular weight is 442 g/mol. The van der Waals surface area contributed by atoms with E-state index >= 15 is 0 Å². The molecule has 11 nitrogen and oxygen atoms in total. The molecule has 12 heteroatoms. The van der Waals surface area contributed by atoms with Crippen LogP contribution in [0.2, 0.25) is 0 Å². The number of aromatic hydroxyl groups is 1. The van der Waals surface area contributed by atoms with E-state index in [1.807, 2.05) is 0 Å². The summed E-state index contributed by atoms with van der Waals surface area (Å²) in [6.45, 7) is 0.759. The lowest BCUT2D eigenvalue weighted by Crippen LogP contribution is -2.57. The molecule has 0 saturated carbocycles. The number of phenolic OH excluding ortho intramolecular Hbond substituents is 1. The van der Waals surface area contributed by atoms with Gasteiger partial charge in [-0.1, -0.05) is 12.1 Å². The van der Waals surface area contributed by atoms with E-state index in [9.17, 15) is 29.4 Å². The number of rotatable bonds is 11. The van der Waals surface area contributed by atoms with E-state index in [1.165, 1.54) is 31.2 Å². The third-order valence-corrected chi connectivity index (χ3v) is 4.46. The number of nitrogens with two attached hydrogens (primary N) is 1. The summed E-state index contributed by atoms with van der Waals surface area (Å²) in [6, 6.07) is 1.15. The zero-order valence-corrected chi connectivity index (χ0v) is 17.1. The zero-order valence-electron chi connectivity index (χ0n) is 16.2. The number of carbonyl (C=O) groups is 4. The molecule has 0 saturated heterocycles. The van der Waals surface area contributed by atoms with Gasteiger partial charge in [0.05, 0.1) is 6.61 Å².